The molecule has 3 aliphatic heterocycles. The van der Waals surface area contributed by atoms with Crippen molar-refractivity contribution in [2.24, 2.45) is 5.92 Å². The minimum absolute atomic E-state index is 0.0325. The fraction of sp³-hybridized carbons (Fsp3) is 0.567. The molecule has 4 heterocycles. The summed E-state index contributed by atoms with van der Waals surface area (Å²) in [4.78, 5) is 34.5. The van der Waals surface area contributed by atoms with Crippen LogP contribution >= 0.6 is 0 Å². The molecule has 3 aliphatic rings. The molecule has 8 heteroatoms. The molecule has 3 N–H and O–H groups in total. The standard InChI is InChI=1S/C30H41N5O3/c36-28(37)20-27(23-7-3-11-26(19-23)35-17-1-2-18-35)33-30(38)24-9-5-15-34(21-24)16-6-10-25-13-12-22-8-4-14-31-29(22)32-25/h3,7,11-13,19,24,27H,1-2,4-6,8-10,14-18,20-21H2,(H,31,32)(H,33,38)(H,36,37). The fourth-order valence-electron chi connectivity index (χ4n) is 6.09. The zero-order valence-corrected chi connectivity index (χ0v) is 22.3. The maximum Gasteiger partial charge on any atom is 0.305 e. The Bertz CT molecular complexity index is 1120. The van der Waals surface area contributed by atoms with Gasteiger partial charge in [0.05, 0.1) is 18.4 Å². The highest BCUT2D eigenvalue weighted by Crippen LogP contribution is 2.27. The van der Waals surface area contributed by atoms with Gasteiger partial charge < -0.3 is 25.5 Å². The van der Waals surface area contributed by atoms with Crippen molar-refractivity contribution in [3.8, 4) is 0 Å². The monoisotopic (exact) mass is 519 g/mol. The number of nitrogens with one attached hydrogen (secondary N) is 2. The number of hydrogen-bond acceptors (Lipinski definition) is 6. The molecule has 0 bridgehead atoms. The summed E-state index contributed by atoms with van der Waals surface area (Å²) in [7, 11) is 0. The molecule has 0 saturated carbocycles. The number of nitrogens with zero attached hydrogens (tertiary/aromatic N) is 3. The molecule has 2 fully saturated rings. The lowest BCUT2D eigenvalue weighted by Gasteiger charge is -2.33. The number of carbonyl (C=O) groups is 2. The smallest absolute Gasteiger partial charge is 0.305 e. The zero-order valence-electron chi connectivity index (χ0n) is 22.3. The third kappa shape index (κ3) is 6.84. The highest BCUT2D eigenvalue weighted by atomic mass is 16.4. The SMILES string of the molecule is O=C(O)CC(NC(=O)C1CCCN(CCCc2ccc3c(n2)NCCC3)C1)c1cccc(N2CCCC2)c1. The number of aromatic nitrogens is 1. The van der Waals surface area contributed by atoms with Gasteiger partial charge in [0, 0.05) is 37.6 Å². The van der Waals surface area contributed by atoms with Crippen LogP contribution in [0.4, 0.5) is 11.5 Å². The van der Waals surface area contributed by atoms with Gasteiger partial charge in [-0.25, -0.2) is 4.98 Å². The highest BCUT2D eigenvalue weighted by Gasteiger charge is 2.28. The van der Waals surface area contributed by atoms with Crippen LogP contribution in [-0.4, -0.2) is 66.1 Å². The third-order valence-corrected chi connectivity index (χ3v) is 8.17. The first-order chi connectivity index (χ1) is 18.5. The Balaban J connectivity index is 1.15. The van der Waals surface area contributed by atoms with Gasteiger partial charge in [0.25, 0.3) is 0 Å². The number of carbonyl (C=O) groups excluding carboxylic acids is 1. The normalized spacial score (nSPS) is 20.4. The van der Waals surface area contributed by atoms with Crippen molar-refractivity contribution in [2.45, 2.75) is 63.8 Å². The maximum absolute atomic E-state index is 13.3. The van der Waals surface area contributed by atoms with Crippen LogP contribution in [0.2, 0.25) is 0 Å². The van der Waals surface area contributed by atoms with Gasteiger partial charge in [-0.15, -0.1) is 0 Å². The quantitative estimate of drug-likeness (QED) is 0.436. The summed E-state index contributed by atoms with van der Waals surface area (Å²) in [5, 5.41) is 16.1. The summed E-state index contributed by atoms with van der Waals surface area (Å²) >= 11 is 0. The van der Waals surface area contributed by atoms with E-state index in [0.29, 0.717) is 0 Å². The maximum atomic E-state index is 13.3. The van der Waals surface area contributed by atoms with E-state index in [4.69, 9.17) is 4.98 Å². The minimum atomic E-state index is -0.905. The van der Waals surface area contributed by atoms with E-state index >= 15 is 0 Å². The van der Waals surface area contributed by atoms with Crippen LogP contribution in [0, 0.1) is 5.92 Å². The van der Waals surface area contributed by atoms with Crippen LogP contribution in [0.25, 0.3) is 0 Å². The Morgan fingerprint density at radius 2 is 1.97 bits per heavy atom. The van der Waals surface area contributed by atoms with Crippen LogP contribution in [0.3, 0.4) is 0 Å². The van der Waals surface area contributed by atoms with E-state index < -0.39 is 12.0 Å². The number of rotatable bonds is 10. The summed E-state index contributed by atoms with van der Waals surface area (Å²) in [5.41, 5.74) is 4.41. The van der Waals surface area contributed by atoms with Gasteiger partial charge in [-0.3, -0.25) is 9.59 Å². The number of hydrogen-bond donors (Lipinski definition) is 3. The van der Waals surface area contributed by atoms with E-state index in [-0.39, 0.29) is 18.2 Å². The van der Waals surface area contributed by atoms with E-state index in [1.54, 1.807) is 0 Å². The van der Waals surface area contributed by atoms with Gasteiger partial charge in [-0.1, -0.05) is 18.2 Å². The van der Waals surface area contributed by atoms with Crippen molar-refractivity contribution in [3.05, 3.63) is 53.2 Å². The number of amides is 1. The van der Waals surface area contributed by atoms with Crippen LogP contribution in [0.1, 0.15) is 67.8 Å². The van der Waals surface area contributed by atoms with Crippen LogP contribution in [-0.2, 0) is 22.4 Å². The average Bonchev–Trinajstić information content (AvgIpc) is 3.48. The molecule has 0 radical (unpaired) electrons. The zero-order chi connectivity index (χ0) is 26.3. The molecule has 5 rings (SSSR count). The van der Waals surface area contributed by atoms with E-state index in [2.05, 4.69) is 44.7 Å². The molecule has 2 saturated heterocycles. The third-order valence-electron chi connectivity index (χ3n) is 8.17. The molecular weight excluding hydrogens is 478 g/mol. The number of carboxylic acid groups (broad SMARTS) is 1. The molecule has 38 heavy (non-hydrogen) atoms. The largest absolute Gasteiger partial charge is 0.481 e. The van der Waals surface area contributed by atoms with E-state index in [1.165, 1.54) is 24.8 Å². The predicted molar refractivity (Wildman–Crippen MR) is 150 cm³/mol. The topological polar surface area (TPSA) is 97.8 Å². The summed E-state index contributed by atoms with van der Waals surface area (Å²) in [5.74, 6) is -0.00805. The number of pyridine rings is 1. The summed E-state index contributed by atoms with van der Waals surface area (Å²) in [6, 6.07) is 11.9. The number of aryl methyl sites for hydroxylation is 2. The second-order valence-corrected chi connectivity index (χ2v) is 11.0. The lowest BCUT2D eigenvalue weighted by Crippen LogP contribution is -2.44. The first-order valence-electron chi connectivity index (χ1n) is 14.4. The van der Waals surface area contributed by atoms with Crippen LogP contribution in [0.15, 0.2) is 36.4 Å². The predicted octanol–water partition coefficient (Wildman–Crippen LogP) is 4.02. The molecule has 2 unspecified atom stereocenters. The van der Waals surface area contributed by atoms with Crippen molar-refractivity contribution in [2.75, 3.05) is 49.5 Å². The van der Waals surface area contributed by atoms with E-state index in [0.717, 1.165) is 94.1 Å². The Morgan fingerprint density at radius 1 is 1.11 bits per heavy atom. The Hall–Kier alpha value is -3.13. The van der Waals surface area contributed by atoms with Gasteiger partial charge in [0.1, 0.15) is 5.82 Å². The van der Waals surface area contributed by atoms with Gasteiger partial charge in [-0.05, 0) is 93.8 Å². The number of benzene rings is 1. The molecule has 1 amide bonds. The number of anilines is 2. The van der Waals surface area contributed by atoms with Gasteiger partial charge in [-0.2, -0.15) is 0 Å². The first-order valence-corrected chi connectivity index (χ1v) is 14.4. The Kier molecular flexibility index (Phi) is 8.79. The molecule has 204 valence electrons. The average molecular weight is 520 g/mol. The van der Waals surface area contributed by atoms with Crippen molar-refractivity contribution >= 4 is 23.4 Å². The Morgan fingerprint density at radius 3 is 2.82 bits per heavy atom. The molecule has 2 atom stereocenters. The number of piperidine rings is 1. The van der Waals surface area contributed by atoms with Gasteiger partial charge in [0.15, 0.2) is 0 Å². The Labute approximate surface area is 225 Å². The second kappa shape index (κ2) is 12.6. The summed E-state index contributed by atoms with van der Waals surface area (Å²) < 4.78 is 0. The van der Waals surface area contributed by atoms with E-state index in [9.17, 15) is 14.7 Å². The molecular formula is C30H41N5O3. The lowest BCUT2D eigenvalue weighted by molar-refractivity contribution is -0.138. The molecule has 1 aromatic carbocycles. The summed E-state index contributed by atoms with van der Waals surface area (Å²) in [6.07, 6.45) is 8.26. The fourth-order valence-corrected chi connectivity index (χ4v) is 6.09. The number of aliphatic carboxylic acids is 1. The lowest BCUT2D eigenvalue weighted by atomic mass is 9.95. The van der Waals surface area contributed by atoms with Crippen LogP contribution < -0.4 is 15.5 Å². The van der Waals surface area contributed by atoms with Crippen molar-refractivity contribution in [1.82, 2.24) is 15.2 Å². The number of fused-ring (bicyclic) bond motifs is 1. The molecule has 0 aliphatic carbocycles. The molecule has 8 nitrogen and oxygen atoms in total. The second-order valence-electron chi connectivity index (χ2n) is 11.0. The molecule has 1 aromatic heterocycles. The number of carboxylic acids is 1. The summed E-state index contributed by atoms with van der Waals surface area (Å²) in [6.45, 7) is 5.70. The van der Waals surface area contributed by atoms with Crippen molar-refractivity contribution in [1.29, 1.82) is 0 Å². The van der Waals surface area contributed by atoms with Crippen LogP contribution in [0.5, 0.6) is 0 Å². The van der Waals surface area contributed by atoms with Crippen molar-refractivity contribution < 1.29 is 14.7 Å². The minimum Gasteiger partial charge on any atom is -0.481 e. The van der Waals surface area contributed by atoms with Gasteiger partial charge in [0.2, 0.25) is 5.91 Å². The molecule has 2 aromatic rings. The molecule has 0 spiro atoms. The van der Waals surface area contributed by atoms with Crippen molar-refractivity contribution in [3.63, 3.8) is 0 Å². The van der Waals surface area contributed by atoms with Gasteiger partial charge >= 0.3 is 5.97 Å². The van der Waals surface area contributed by atoms with E-state index in [1.807, 2.05) is 12.1 Å². The first kappa shape index (κ1) is 26.5. The number of likely N-dealkylation sites (tertiary alicyclic amines) is 1. The highest BCUT2D eigenvalue weighted by molar-refractivity contribution is 5.80.